The van der Waals surface area contributed by atoms with Crippen LogP contribution in [-0.2, 0) is 9.59 Å². The minimum absolute atomic E-state index is 0.117. The zero-order chi connectivity index (χ0) is 15.4. The van der Waals surface area contributed by atoms with Crippen molar-refractivity contribution >= 4 is 18.1 Å². The molecule has 1 fully saturated rings. The number of phenols is 1. The van der Waals surface area contributed by atoms with E-state index in [0.717, 1.165) is 12.7 Å². The van der Waals surface area contributed by atoms with Crippen LogP contribution in [0.1, 0.15) is 30.1 Å². The SMILES string of the molecule is CC(NC(=O)c1ccccc1O)NC(=O)C1CCC1C=O. The van der Waals surface area contributed by atoms with Gasteiger partial charge in [-0.2, -0.15) is 0 Å². The predicted octanol–water partition coefficient (Wildman–Crippen LogP) is 0.809. The number of hydrogen-bond donors (Lipinski definition) is 3. The Morgan fingerprint density at radius 2 is 2.00 bits per heavy atom. The molecule has 2 amide bonds. The summed E-state index contributed by atoms with van der Waals surface area (Å²) < 4.78 is 0. The molecule has 0 spiro atoms. The second kappa shape index (κ2) is 6.39. The van der Waals surface area contributed by atoms with E-state index in [-0.39, 0.29) is 29.1 Å². The number of amides is 2. The molecule has 6 heteroatoms. The van der Waals surface area contributed by atoms with Crippen LogP contribution in [0.4, 0.5) is 0 Å². The van der Waals surface area contributed by atoms with Crippen LogP contribution in [0.15, 0.2) is 24.3 Å². The van der Waals surface area contributed by atoms with Crippen LogP contribution in [-0.4, -0.2) is 29.4 Å². The molecular weight excluding hydrogens is 272 g/mol. The maximum absolute atomic E-state index is 12.0. The Labute approximate surface area is 122 Å². The number of benzene rings is 1. The summed E-state index contributed by atoms with van der Waals surface area (Å²) in [5.74, 6) is -1.34. The van der Waals surface area contributed by atoms with E-state index in [4.69, 9.17) is 0 Å². The molecule has 0 heterocycles. The first-order valence-electron chi connectivity index (χ1n) is 6.87. The van der Waals surface area contributed by atoms with Gasteiger partial charge >= 0.3 is 0 Å². The van der Waals surface area contributed by atoms with Gasteiger partial charge in [-0.3, -0.25) is 9.59 Å². The highest BCUT2D eigenvalue weighted by molar-refractivity contribution is 5.97. The molecule has 1 aromatic carbocycles. The molecule has 0 saturated heterocycles. The molecule has 0 radical (unpaired) electrons. The van der Waals surface area contributed by atoms with E-state index >= 15 is 0 Å². The summed E-state index contributed by atoms with van der Waals surface area (Å²) in [4.78, 5) is 34.6. The van der Waals surface area contributed by atoms with Crippen LogP contribution in [0.3, 0.4) is 0 Å². The minimum Gasteiger partial charge on any atom is -0.507 e. The van der Waals surface area contributed by atoms with Crippen molar-refractivity contribution in [1.82, 2.24) is 10.6 Å². The molecule has 0 aliphatic heterocycles. The zero-order valence-corrected chi connectivity index (χ0v) is 11.7. The monoisotopic (exact) mass is 290 g/mol. The number of carbonyl (C=O) groups excluding carboxylic acids is 3. The van der Waals surface area contributed by atoms with Crippen LogP contribution in [0.25, 0.3) is 0 Å². The molecular formula is C15H18N2O4. The first-order valence-corrected chi connectivity index (χ1v) is 6.87. The van der Waals surface area contributed by atoms with Crippen molar-refractivity contribution in [2.75, 3.05) is 0 Å². The molecule has 3 atom stereocenters. The summed E-state index contributed by atoms with van der Waals surface area (Å²) >= 11 is 0. The van der Waals surface area contributed by atoms with Crippen molar-refractivity contribution < 1.29 is 19.5 Å². The van der Waals surface area contributed by atoms with E-state index in [9.17, 15) is 19.5 Å². The van der Waals surface area contributed by atoms with Gasteiger partial charge in [-0.1, -0.05) is 12.1 Å². The number of aldehydes is 1. The van der Waals surface area contributed by atoms with Gasteiger partial charge in [0, 0.05) is 11.8 Å². The molecule has 2 rings (SSSR count). The van der Waals surface area contributed by atoms with E-state index in [1.54, 1.807) is 19.1 Å². The van der Waals surface area contributed by atoms with Gasteiger partial charge in [-0.25, -0.2) is 0 Å². The molecule has 3 unspecified atom stereocenters. The standard InChI is InChI=1S/C15H18N2O4/c1-9(16-14(20)11-7-6-10(11)8-18)17-15(21)12-4-2-3-5-13(12)19/h2-5,8-11,19H,6-7H2,1H3,(H,16,20)(H,17,21). The molecule has 1 saturated carbocycles. The third-order valence-electron chi connectivity index (χ3n) is 3.69. The first kappa shape index (κ1) is 15.0. The fourth-order valence-corrected chi connectivity index (χ4v) is 2.31. The summed E-state index contributed by atoms with van der Waals surface area (Å²) in [6, 6.07) is 6.17. The fourth-order valence-electron chi connectivity index (χ4n) is 2.31. The second-order valence-electron chi connectivity index (χ2n) is 5.20. The van der Waals surface area contributed by atoms with Gasteiger partial charge in [-0.05, 0) is 31.9 Å². The molecule has 112 valence electrons. The Kier molecular flexibility index (Phi) is 4.57. The first-order chi connectivity index (χ1) is 10.0. The van der Waals surface area contributed by atoms with E-state index in [1.165, 1.54) is 12.1 Å². The Hall–Kier alpha value is -2.37. The summed E-state index contributed by atoms with van der Waals surface area (Å²) in [5.41, 5.74) is 0.146. The number of nitrogens with one attached hydrogen (secondary N) is 2. The predicted molar refractivity (Wildman–Crippen MR) is 75.5 cm³/mol. The zero-order valence-electron chi connectivity index (χ0n) is 11.7. The van der Waals surface area contributed by atoms with Gasteiger partial charge in [0.1, 0.15) is 12.0 Å². The van der Waals surface area contributed by atoms with E-state index in [1.807, 2.05) is 0 Å². The lowest BCUT2D eigenvalue weighted by Crippen LogP contribution is -2.50. The van der Waals surface area contributed by atoms with Crippen molar-refractivity contribution in [3.63, 3.8) is 0 Å². The lowest BCUT2D eigenvalue weighted by Gasteiger charge is -2.32. The quantitative estimate of drug-likeness (QED) is 0.552. The Bertz CT molecular complexity index is 558. The largest absolute Gasteiger partial charge is 0.507 e. The Morgan fingerprint density at radius 1 is 1.29 bits per heavy atom. The molecule has 0 aromatic heterocycles. The van der Waals surface area contributed by atoms with Gasteiger partial charge in [0.05, 0.1) is 11.7 Å². The summed E-state index contributed by atoms with van der Waals surface area (Å²) in [6.45, 7) is 1.63. The third-order valence-corrected chi connectivity index (χ3v) is 3.69. The van der Waals surface area contributed by atoms with Crippen LogP contribution in [0.2, 0.25) is 0 Å². The van der Waals surface area contributed by atoms with Crippen molar-refractivity contribution in [3.05, 3.63) is 29.8 Å². The van der Waals surface area contributed by atoms with Crippen LogP contribution >= 0.6 is 0 Å². The number of rotatable bonds is 5. The maximum atomic E-state index is 12.0. The van der Waals surface area contributed by atoms with Gasteiger partial charge in [-0.15, -0.1) is 0 Å². The number of hydrogen-bond acceptors (Lipinski definition) is 4. The lowest BCUT2D eigenvalue weighted by atomic mass is 9.74. The number of aromatic hydroxyl groups is 1. The van der Waals surface area contributed by atoms with E-state index in [2.05, 4.69) is 10.6 Å². The van der Waals surface area contributed by atoms with Crippen LogP contribution in [0.5, 0.6) is 5.75 Å². The van der Waals surface area contributed by atoms with Crippen molar-refractivity contribution in [3.8, 4) is 5.75 Å². The minimum atomic E-state index is -0.586. The van der Waals surface area contributed by atoms with Crippen LogP contribution < -0.4 is 10.6 Å². The average Bonchev–Trinajstić information content (AvgIpc) is 2.37. The molecule has 21 heavy (non-hydrogen) atoms. The molecule has 1 aliphatic rings. The number of phenolic OH excluding ortho intramolecular Hbond substituents is 1. The van der Waals surface area contributed by atoms with E-state index in [0.29, 0.717) is 6.42 Å². The van der Waals surface area contributed by atoms with Gasteiger partial charge in [0.15, 0.2) is 0 Å². The van der Waals surface area contributed by atoms with Gasteiger partial charge < -0.3 is 20.5 Å². The van der Waals surface area contributed by atoms with E-state index < -0.39 is 12.1 Å². The van der Waals surface area contributed by atoms with Gasteiger partial charge in [0.2, 0.25) is 5.91 Å². The van der Waals surface area contributed by atoms with Crippen molar-refractivity contribution in [2.45, 2.75) is 25.9 Å². The molecule has 6 nitrogen and oxygen atoms in total. The lowest BCUT2D eigenvalue weighted by molar-refractivity contribution is -0.134. The molecule has 1 aliphatic carbocycles. The highest BCUT2D eigenvalue weighted by Gasteiger charge is 2.36. The number of para-hydroxylation sites is 1. The molecule has 3 N–H and O–H groups in total. The topological polar surface area (TPSA) is 95.5 Å². The smallest absolute Gasteiger partial charge is 0.256 e. The van der Waals surface area contributed by atoms with Crippen LogP contribution in [0, 0.1) is 11.8 Å². The second-order valence-corrected chi connectivity index (χ2v) is 5.20. The van der Waals surface area contributed by atoms with Gasteiger partial charge in [0.25, 0.3) is 5.91 Å². The number of carbonyl (C=O) groups is 3. The normalized spacial score (nSPS) is 21.8. The highest BCUT2D eigenvalue weighted by Crippen LogP contribution is 2.32. The Morgan fingerprint density at radius 3 is 2.57 bits per heavy atom. The summed E-state index contributed by atoms with van der Waals surface area (Å²) in [5, 5.41) is 14.8. The summed E-state index contributed by atoms with van der Waals surface area (Å²) in [7, 11) is 0. The maximum Gasteiger partial charge on any atom is 0.256 e. The highest BCUT2D eigenvalue weighted by atomic mass is 16.3. The fraction of sp³-hybridized carbons (Fsp3) is 0.400. The Balaban J connectivity index is 1.88. The summed E-state index contributed by atoms with van der Waals surface area (Å²) in [6.07, 6.45) is 1.65. The third kappa shape index (κ3) is 3.39. The average molecular weight is 290 g/mol. The molecule has 0 bridgehead atoms. The molecule has 1 aromatic rings. The van der Waals surface area contributed by atoms with Crippen molar-refractivity contribution in [2.24, 2.45) is 11.8 Å². The van der Waals surface area contributed by atoms with Crippen molar-refractivity contribution in [1.29, 1.82) is 0 Å².